The van der Waals surface area contributed by atoms with E-state index >= 15 is 0 Å². The summed E-state index contributed by atoms with van der Waals surface area (Å²) in [7, 11) is 3.22. The van der Waals surface area contributed by atoms with Gasteiger partial charge in [0.1, 0.15) is 5.82 Å². The summed E-state index contributed by atoms with van der Waals surface area (Å²) in [4.78, 5) is 0. The average molecular weight is 354 g/mol. The van der Waals surface area contributed by atoms with Gasteiger partial charge in [-0.25, -0.2) is 4.39 Å². The maximum absolute atomic E-state index is 12.8. The van der Waals surface area contributed by atoms with Gasteiger partial charge in [0.25, 0.3) is 0 Å². The van der Waals surface area contributed by atoms with E-state index < -0.39 is 0 Å². The van der Waals surface area contributed by atoms with Crippen LogP contribution in [-0.2, 0) is 13.1 Å². The van der Waals surface area contributed by atoms with Gasteiger partial charge in [0.2, 0.25) is 0 Å². The summed E-state index contributed by atoms with van der Waals surface area (Å²) < 4.78 is 24.3. The van der Waals surface area contributed by atoms with Crippen LogP contribution in [0.2, 0.25) is 0 Å². The minimum absolute atomic E-state index is 0.220. The van der Waals surface area contributed by atoms with Crippen molar-refractivity contribution in [3.05, 3.63) is 57.8 Å². The minimum Gasteiger partial charge on any atom is -0.493 e. The van der Waals surface area contributed by atoms with Crippen molar-refractivity contribution in [3.8, 4) is 11.5 Å². The average Bonchev–Trinajstić information content (AvgIpc) is 2.48. The van der Waals surface area contributed by atoms with Crippen molar-refractivity contribution < 1.29 is 13.9 Å². The molecule has 0 saturated carbocycles. The first-order valence-corrected chi connectivity index (χ1v) is 7.29. The lowest BCUT2D eigenvalue weighted by molar-refractivity contribution is 0.352. The van der Waals surface area contributed by atoms with Gasteiger partial charge >= 0.3 is 0 Å². The number of halogens is 2. The predicted molar refractivity (Wildman–Crippen MR) is 84.2 cm³/mol. The topological polar surface area (TPSA) is 30.5 Å². The molecule has 0 aliphatic carbocycles. The van der Waals surface area contributed by atoms with Crippen LogP contribution in [0.3, 0.4) is 0 Å². The van der Waals surface area contributed by atoms with E-state index in [1.54, 1.807) is 26.4 Å². The predicted octanol–water partition coefficient (Wildman–Crippen LogP) is 3.90. The molecule has 2 aromatic carbocycles. The number of nitrogens with one attached hydrogen (secondary N) is 1. The van der Waals surface area contributed by atoms with Gasteiger partial charge < -0.3 is 14.8 Å². The lowest BCUT2D eigenvalue weighted by Gasteiger charge is -2.12. The minimum atomic E-state index is -0.220. The SMILES string of the molecule is COc1cc(CNCc2ccc(F)cc2)cc(Br)c1OC. The van der Waals surface area contributed by atoms with Crippen LogP contribution < -0.4 is 14.8 Å². The molecular weight excluding hydrogens is 337 g/mol. The summed E-state index contributed by atoms with van der Waals surface area (Å²) >= 11 is 3.47. The van der Waals surface area contributed by atoms with Crippen LogP contribution in [0.4, 0.5) is 4.39 Å². The highest BCUT2D eigenvalue weighted by atomic mass is 79.9. The second-order valence-corrected chi connectivity index (χ2v) is 5.40. The molecule has 3 nitrogen and oxygen atoms in total. The molecule has 0 atom stereocenters. The Kier molecular flexibility index (Phi) is 5.59. The summed E-state index contributed by atoms with van der Waals surface area (Å²) in [5, 5.41) is 3.31. The Labute approximate surface area is 132 Å². The molecule has 2 rings (SSSR count). The second-order valence-electron chi connectivity index (χ2n) is 4.54. The van der Waals surface area contributed by atoms with E-state index in [2.05, 4.69) is 21.2 Å². The van der Waals surface area contributed by atoms with Crippen LogP contribution in [0.5, 0.6) is 11.5 Å². The van der Waals surface area contributed by atoms with Gasteiger partial charge in [-0.3, -0.25) is 0 Å². The van der Waals surface area contributed by atoms with Crippen LogP contribution in [0.1, 0.15) is 11.1 Å². The summed E-state index contributed by atoms with van der Waals surface area (Å²) in [6.07, 6.45) is 0. The molecule has 1 N–H and O–H groups in total. The summed E-state index contributed by atoms with van der Waals surface area (Å²) in [5.41, 5.74) is 2.11. The van der Waals surface area contributed by atoms with E-state index in [1.165, 1.54) is 12.1 Å². The van der Waals surface area contributed by atoms with E-state index in [0.717, 1.165) is 15.6 Å². The van der Waals surface area contributed by atoms with E-state index in [4.69, 9.17) is 9.47 Å². The normalized spacial score (nSPS) is 10.5. The lowest BCUT2D eigenvalue weighted by Crippen LogP contribution is -2.12. The molecule has 0 amide bonds. The van der Waals surface area contributed by atoms with Crippen LogP contribution in [0, 0.1) is 5.82 Å². The first-order chi connectivity index (χ1) is 10.1. The number of methoxy groups -OCH3 is 2. The lowest BCUT2D eigenvalue weighted by atomic mass is 10.2. The van der Waals surface area contributed by atoms with Gasteiger partial charge in [0, 0.05) is 13.1 Å². The molecule has 0 fully saturated rings. The highest BCUT2D eigenvalue weighted by Crippen LogP contribution is 2.36. The Hall–Kier alpha value is -1.59. The Morgan fingerprint density at radius 3 is 2.29 bits per heavy atom. The zero-order valence-corrected chi connectivity index (χ0v) is 13.5. The third-order valence-electron chi connectivity index (χ3n) is 3.06. The molecular formula is C16H17BrFNO2. The Bertz CT molecular complexity index is 602. The maximum Gasteiger partial charge on any atom is 0.174 e. The van der Waals surface area contributed by atoms with Crippen LogP contribution in [0.25, 0.3) is 0 Å². The fraction of sp³-hybridized carbons (Fsp3) is 0.250. The highest BCUT2D eigenvalue weighted by Gasteiger charge is 2.10. The van der Waals surface area contributed by atoms with Gasteiger partial charge in [-0.15, -0.1) is 0 Å². The van der Waals surface area contributed by atoms with Gasteiger partial charge in [-0.1, -0.05) is 12.1 Å². The third-order valence-corrected chi connectivity index (χ3v) is 3.65. The molecule has 112 valence electrons. The molecule has 0 bridgehead atoms. The van der Waals surface area contributed by atoms with E-state index in [9.17, 15) is 4.39 Å². The Morgan fingerprint density at radius 2 is 1.67 bits per heavy atom. The highest BCUT2D eigenvalue weighted by molar-refractivity contribution is 9.10. The zero-order chi connectivity index (χ0) is 15.2. The van der Waals surface area contributed by atoms with Gasteiger partial charge in [-0.05, 0) is 51.3 Å². The molecule has 0 aliphatic heterocycles. The molecule has 0 radical (unpaired) electrons. The largest absolute Gasteiger partial charge is 0.493 e. The van der Waals surface area contributed by atoms with E-state index in [1.807, 2.05) is 12.1 Å². The number of hydrogen-bond acceptors (Lipinski definition) is 3. The first-order valence-electron chi connectivity index (χ1n) is 6.49. The smallest absolute Gasteiger partial charge is 0.174 e. The molecule has 0 heterocycles. The number of benzene rings is 2. The molecule has 2 aromatic rings. The Morgan fingerprint density at radius 1 is 1.00 bits per heavy atom. The number of hydrogen-bond donors (Lipinski definition) is 1. The fourth-order valence-electron chi connectivity index (χ4n) is 2.03. The molecule has 0 saturated heterocycles. The quantitative estimate of drug-likeness (QED) is 0.854. The van der Waals surface area contributed by atoms with Crippen molar-refractivity contribution in [1.29, 1.82) is 0 Å². The van der Waals surface area contributed by atoms with Gasteiger partial charge in [-0.2, -0.15) is 0 Å². The molecule has 21 heavy (non-hydrogen) atoms. The summed E-state index contributed by atoms with van der Waals surface area (Å²) in [6.45, 7) is 1.35. The first kappa shape index (κ1) is 15.8. The molecule has 0 aliphatic rings. The molecule has 0 unspecified atom stereocenters. The van der Waals surface area contributed by atoms with Crippen molar-refractivity contribution >= 4 is 15.9 Å². The standard InChI is InChI=1S/C16H17BrFNO2/c1-20-15-8-12(7-14(17)16(15)21-2)10-19-9-11-3-5-13(18)6-4-11/h3-8,19H,9-10H2,1-2H3. The summed E-state index contributed by atoms with van der Waals surface area (Å²) in [6, 6.07) is 10.4. The van der Waals surface area contributed by atoms with E-state index in [0.29, 0.717) is 24.6 Å². The van der Waals surface area contributed by atoms with Crippen LogP contribution in [0.15, 0.2) is 40.9 Å². The van der Waals surface area contributed by atoms with Crippen LogP contribution in [-0.4, -0.2) is 14.2 Å². The van der Waals surface area contributed by atoms with Crippen LogP contribution >= 0.6 is 15.9 Å². The molecule has 0 aromatic heterocycles. The van der Waals surface area contributed by atoms with Crippen molar-refractivity contribution in [1.82, 2.24) is 5.32 Å². The van der Waals surface area contributed by atoms with Gasteiger partial charge in [0.05, 0.1) is 18.7 Å². The summed E-state index contributed by atoms with van der Waals surface area (Å²) in [5.74, 6) is 1.15. The fourth-order valence-corrected chi connectivity index (χ4v) is 2.68. The number of ether oxygens (including phenoxy) is 2. The second kappa shape index (κ2) is 7.43. The Balaban J connectivity index is 2.00. The van der Waals surface area contributed by atoms with Crippen molar-refractivity contribution in [2.45, 2.75) is 13.1 Å². The van der Waals surface area contributed by atoms with Crippen molar-refractivity contribution in [3.63, 3.8) is 0 Å². The zero-order valence-electron chi connectivity index (χ0n) is 12.0. The third kappa shape index (κ3) is 4.19. The molecule has 0 spiro atoms. The maximum atomic E-state index is 12.8. The number of rotatable bonds is 6. The monoisotopic (exact) mass is 353 g/mol. The van der Waals surface area contributed by atoms with Crippen molar-refractivity contribution in [2.24, 2.45) is 0 Å². The van der Waals surface area contributed by atoms with E-state index in [-0.39, 0.29) is 5.82 Å². The van der Waals surface area contributed by atoms with Crippen molar-refractivity contribution in [2.75, 3.05) is 14.2 Å². The van der Waals surface area contributed by atoms with Gasteiger partial charge in [0.15, 0.2) is 11.5 Å². The molecule has 5 heteroatoms.